The van der Waals surface area contributed by atoms with Crippen LogP contribution in [0.5, 0.6) is 0 Å². The predicted octanol–water partition coefficient (Wildman–Crippen LogP) is 2.74. The van der Waals surface area contributed by atoms with Gasteiger partial charge in [-0.1, -0.05) is 60.1 Å². The van der Waals surface area contributed by atoms with E-state index in [-0.39, 0.29) is 11.9 Å². The minimum Gasteiger partial charge on any atom is -0.350 e. The van der Waals surface area contributed by atoms with Crippen LogP contribution in [0.15, 0.2) is 59.6 Å². The van der Waals surface area contributed by atoms with Crippen molar-refractivity contribution in [3.63, 3.8) is 0 Å². The van der Waals surface area contributed by atoms with Crippen LogP contribution in [0, 0.1) is 0 Å². The fourth-order valence-electron chi connectivity index (χ4n) is 3.65. The van der Waals surface area contributed by atoms with Gasteiger partial charge in [0, 0.05) is 18.6 Å². The van der Waals surface area contributed by atoms with Crippen LogP contribution in [0.25, 0.3) is 0 Å². The predicted molar refractivity (Wildman–Crippen MR) is 111 cm³/mol. The minimum absolute atomic E-state index is 0.0343. The van der Waals surface area contributed by atoms with E-state index in [1.807, 2.05) is 66.4 Å². The van der Waals surface area contributed by atoms with Gasteiger partial charge in [-0.2, -0.15) is 0 Å². The Bertz CT molecular complexity index is 965. The number of rotatable bonds is 4. The summed E-state index contributed by atoms with van der Waals surface area (Å²) in [6.45, 7) is 2.42. The molecule has 1 saturated heterocycles. The van der Waals surface area contributed by atoms with Gasteiger partial charge in [0.05, 0.1) is 6.04 Å². The molecule has 150 valence electrons. The van der Waals surface area contributed by atoms with Crippen LogP contribution in [0.1, 0.15) is 24.1 Å². The van der Waals surface area contributed by atoms with Crippen LogP contribution in [0.4, 0.5) is 4.79 Å². The molecule has 8 heteroatoms. The number of urea groups is 1. The highest BCUT2D eigenvalue weighted by atomic mass is 35.5. The lowest BCUT2D eigenvalue weighted by Gasteiger charge is -2.36. The Morgan fingerprint density at radius 2 is 1.83 bits per heavy atom. The number of hydrogen-bond donors (Lipinski definition) is 2. The summed E-state index contributed by atoms with van der Waals surface area (Å²) >= 11 is 6.36. The van der Waals surface area contributed by atoms with Gasteiger partial charge < -0.3 is 15.1 Å². The first-order valence-electron chi connectivity index (χ1n) is 9.42. The number of amides is 3. The van der Waals surface area contributed by atoms with Crippen molar-refractivity contribution in [2.24, 2.45) is 4.99 Å². The largest absolute Gasteiger partial charge is 0.350 e. The van der Waals surface area contributed by atoms with E-state index in [4.69, 9.17) is 16.6 Å². The molecule has 3 unspecified atom stereocenters. The van der Waals surface area contributed by atoms with Crippen LogP contribution in [-0.4, -0.2) is 47.0 Å². The Labute approximate surface area is 174 Å². The van der Waals surface area contributed by atoms with E-state index < -0.39 is 18.2 Å². The summed E-state index contributed by atoms with van der Waals surface area (Å²) < 4.78 is 0. The highest BCUT2D eigenvalue weighted by molar-refractivity contribution is 6.31. The van der Waals surface area contributed by atoms with Gasteiger partial charge in [-0.3, -0.25) is 10.1 Å². The van der Waals surface area contributed by atoms with Gasteiger partial charge in [-0.05, 0) is 24.1 Å². The highest BCUT2D eigenvalue weighted by Gasteiger charge is 2.48. The third-order valence-electron chi connectivity index (χ3n) is 5.30. The Balaban J connectivity index is 1.66. The zero-order chi connectivity index (χ0) is 20.5. The van der Waals surface area contributed by atoms with Crippen LogP contribution >= 0.6 is 11.6 Å². The third kappa shape index (κ3) is 3.65. The number of likely N-dealkylation sites (N-methyl/N-ethyl adjacent to an activating group) is 1. The summed E-state index contributed by atoms with van der Waals surface area (Å²) in [5.41, 5.74) is 1.97. The van der Waals surface area contributed by atoms with Crippen molar-refractivity contribution in [1.29, 1.82) is 0 Å². The molecular weight excluding hydrogens is 390 g/mol. The Morgan fingerprint density at radius 3 is 2.55 bits per heavy atom. The molecule has 0 radical (unpaired) electrons. The smallest absolute Gasteiger partial charge is 0.325 e. The SMILES string of the molecule is CC(NC1=NC2C(C(=O)NC(=O)N2C)N1Cc1ccccc1Cl)c1ccccc1. The van der Waals surface area contributed by atoms with Gasteiger partial charge >= 0.3 is 6.03 Å². The minimum atomic E-state index is -0.626. The number of fused-ring (bicyclic) bond motifs is 1. The summed E-state index contributed by atoms with van der Waals surface area (Å²) in [4.78, 5) is 32.8. The first-order valence-corrected chi connectivity index (χ1v) is 9.80. The second-order valence-corrected chi connectivity index (χ2v) is 7.62. The molecule has 2 aliphatic rings. The average molecular weight is 412 g/mol. The molecule has 4 rings (SSSR count). The fraction of sp³-hybridized carbons (Fsp3) is 0.286. The molecule has 7 nitrogen and oxygen atoms in total. The molecule has 0 bridgehead atoms. The number of nitrogens with zero attached hydrogens (tertiary/aromatic N) is 3. The number of halogens is 1. The molecule has 2 N–H and O–H groups in total. The molecule has 0 saturated carbocycles. The van der Waals surface area contributed by atoms with Gasteiger partial charge in [-0.15, -0.1) is 0 Å². The zero-order valence-electron chi connectivity index (χ0n) is 16.2. The molecule has 2 aromatic rings. The maximum Gasteiger partial charge on any atom is 0.325 e. The van der Waals surface area contributed by atoms with E-state index in [2.05, 4.69) is 10.6 Å². The van der Waals surface area contributed by atoms with Crippen molar-refractivity contribution in [1.82, 2.24) is 20.4 Å². The molecule has 0 aliphatic carbocycles. The number of hydrogen-bond acceptors (Lipinski definition) is 5. The molecule has 1 fully saturated rings. The van der Waals surface area contributed by atoms with Gasteiger partial charge in [0.25, 0.3) is 5.91 Å². The number of guanidine groups is 1. The lowest BCUT2D eigenvalue weighted by atomic mass is 10.1. The number of benzene rings is 2. The van der Waals surface area contributed by atoms with Crippen LogP contribution in [0.3, 0.4) is 0 Å². The summed E-state index contributed by atoms with van der Waals surface area (Å²) in [5, 5.41) is 6.44. The fourth-order valence-corrected chi connectivity index (χ4v) is 3.84. The van der Waals surface area contributed by atoms with Gasteiger partial charge in [0.2, 0.25) is 0 Å². The van der Waals surface area contributed by atoms with E-state index in [9.17, 15) is 9.59 Å². The Kier molecular flexibility index (Phi) is 5.15. The van der Waals surface area contributed by atoms with Gasteiger partial charge in [0.1, 0.15) is 0 Å². The van der Waals surface area contributed by atoms with E-state index in [0.717, 1.165) is 11.1 Å². The van der Waals surface area contributed by atoms with Crippen molar-refractivity contribution in [3.05, 3.63) is 70.7 Å². The molecule has 2 aliphatic heterocycles. The lowest BCUT2D eigenvalue weighted by molar-refractivity contribution is -0.127. The molecule has 29 heavy (non-hydrogen) atoms. The first kappa shape index (κ1) is 19.3. The Morgan fingerprint density at radius 1 is 1.14 bits per heavy atom. The highest BCUT2D eigenvalue weighted by Crippen LogP contribution is 2.28. The van der Waals surface area contributed by atoms with Crippen molar-refractivity contribution < 1.29 is 9.59 Å². The summed E-state index contributed by atoms with van der Waals surface area (Å²) in [7, 11) is 1.64. The summed E-state index contributed by atoms with van der Waals surface area (Å²) in [6, 6.07) is 16.4. The molecular formula is C21H22ClN5O2. The van der Waals surface area contributed by atoms with E-state index in [1.54, 1.807) is 7.05 Å². The summed E-state index contributed by atoms with van der Waals surface area (Å²) in [5.74, 6) is 0.200. The third-order valence-corrected chi connectivity index (χ3v) is 5.67. The number of imide groups is 1. The number of nitrogens with one attached hydrogen (secondary N) is 2. The molecule has 2 heterocycles. The van der Waals surface area contributed by atoms with E-state index in [0.29, 0.717) is 17.5 Å². The standard InChI is InChI=1S/C21H22ClN5O2/c1-13(14-8-4-3-5-9-14)23-20-24-18-17(19(28)25-21(29)26(18)2)27(20)12-15-10-6-7-11-16(15)22/h3-11,13,17-18H,12H2,1-2H3,(H,23,24)(H,25,28,29). The van der Waals surface area contributed by atoms with Gasteiger partial charge in [-0.25, -0.2) is 9.79 Å². The van der Waals surface area contributed by atoms with Crippen LogP contribution in [-0.2, 0) is 11.3 Å². The molecule has 0 spiro atoms. The number of carbonyl (C=O) groups is 2. The second kappa shape index (κ2) is 7.75. The Hall–Kier alpha value is -3.06. The topological polar surface area (TPSA) is 77.0 Å². The van der Waals surface area contributed by atoms with Gasteiger partial charge in [0.15, 0.2) is 18.2 Å². The average Bonchev–Trinajstić information content (AvgIpc) is 3.07. The number of carbonyl (C=O) groups excluding carboxylic acids is 2. The van der Waals surface area contributed by atoms with Crippen LogP contribution < -0.4 is 10.6 Å². The van der Waals surface area contributed by atoms with Crippen molar-refractivity contribution in [2.45, 2.75) is 31.7 Å². The van der Waals surface area contributed by atoms with Crippen LogP contribution in [0.2, 0.25) is 5.02 Å². The van der Waals surface area contributed by atoms with E-state index in [1.165, 1.54) is 4.90 Å². The normalized spacial score (nSPS) is 22.1. The second-order valence-electron chi connectivity index (χ2n) is 7.21. The lowest BCUT2D eigenvalue weighted by Crippen LogP contribution is -2.64. The first-order chi connectivity index (χ1) is 14.0. The number of aliphatic imine (C=N–C) groups is 1. The maximum atomic E-state index is 12.7. The molecule has 2 aromatic carbocycles. The molecule has 0 aromatic heterocycles. The van der Waals surface area contributed by atoms with E-state index >= 15 is 0 Å². The zero-order valence-corrected chi connectivity index (χ0v) is 16.9. The summed E-state index contributed by atoms with van der Waals surface area (Å²) in [6.07, 6.45) is -0.593. The monoisotopic (exact) mass is 411 g/mol. The van der Waals surface area contributed by atoms with Crippen molar-refractivity contribution in [3.8, 4) is 0 Å². The molecule has 3 atom stereocenters. The maximum absolute atomic E-state index is 12.7. The quantitative estimate of drug-likeness (QED) is 0.811. The van der Waals surface area contributed by atoms with Crippen molar-refractivity contribution in [2.75, 3.05) is 7.05 Å². The molecule has 3 amide bonds. The van der Waals surface area contributed by atoms with Crippen molar-refractivity contribution >= 4 is 29.5 Å².